The normalized spacial score (nSPS) is 14.9. The monoisotopic (exact) mass is 415 g/mol. The molecule has 0 unspecified atom stereocenters. The van der Waals surface area contributed by atoms with E-state index in [2.05, 4.69) is 9.98 Å². The molecule has 2 heterocycles. The molecule has 3 aromatic rings. The van der Waals surface area contributed by atoms with Gasteiger partial charge in [0.1, 0.15) is 5.84 Å². The van der Waals surface area contributed by atoms with E-state index in [1.54, 1.807) is 47.4 Å². The first-order valence-corrected chi connectivity index (χ1v) is 8.99. The van der Waals surface area contributed by atoms with Crippen LogP contribution in [0, 0.1) is 0 Å². The summed E-state index contributed by atoms with van der Waals surface area (Å²) < 4.78 is 38.8. The third-order valence-electron chi connectivity index (χ3n) is 4.48. The molecule has 1 amide bonds. The van der Waals surface area contributed by atoms with Crippen LogP contribution in [0.25, 0.3) is 0 Å². The molecule has 1 aliphatic heterocycles. The van der Waals surface area contributed by atoms with Gasteiger partial charge >= 0.3 is 6.18 Å². The standard InChI is InChI=1S/C21H13ClF3N3O/c22-17-10-15(21(23,24)25)11-26-19(17)28-12-14-8-4-5-9-16(14)18(28)27-20(29)13-6-2-1-3-7-13/h1-11H,12H2. The number of halogens is 4. The van der Waals surface area contributed by atoms with E-state index in [1.165, 1.54) is 0 Å². The highest BCUT2D eigenvalue weighted by molar-refractivity contribution is 6.34. The maximum atomic E-state index is 12.9. The minimum atomic E-state index is -4.55. The average molecular weight is 416 g/mol. The minimum absolute atomic E-state index is 0.107. The van der Waals surface area contributed by atoms with Gasteiger partial charge in [0, 0.05) is 17.3 Å². The van der Waals surface area contributed by atoms with Gasteiger partial charge in [0.15, 0.2) is 5.82 Å². The van der Waals surface area contributed by atoms with Crippen LogP contribution < -0.4 is 4.90 Å². The summed E-state index contributed by atoms with van der Waals surface area (Å²) in [6.07, 6.45) is -3.83. The highest BCUT2D eigenvalue weighted by Gasteiger charge is 2.34. The zero-order chi connectivity index (χ0) is 20.6. The Bertz CT molecular complexity index is 1110. The lowest BCUT2D eigenvalue weighted by molar-refractivity contribution is -0.137. The maximum Gasteiger partial charge on any atom is 0.417 e. The molecule has 2 aromatic carbocycles. The molecule has 146 valence electrons. The summed E-state index contributed by atoms with van der Waals surface area (Å²) in [5.74, 6) is -0.0653. The number of hydrogen-bond acceptors (Lipinski definition) is 2. The molecule has 0 atom stereocenters. The molecule has 0 fully saturated rings. The number of rotatable bonds is 2. The predicted molar refractivity (Wildman–Crippen MR) is 104 cm³/mol. The smallest absolute Gasteiger partial charge is 0.305 e. The largest absolute Gasteiger partial charge is 0.417 e. The number of amides is 1. The van der Waals surface area contributed by atoms with Gasteiger partial charge < -0.3 is 4.90 Å². The maximum absolute atomic E-state index is 12.9. The van der Waals surface area contributed by atoms with Gasteiger partial charge in [-0.05, 0) is 23.8 Å². The van der Waals surface area contributed by atoms with Crippen molar-refractivity contribution in [1.29, 1.82) is 0 Å². The van der Waals surface area contributed by atoms with Gasteiger partial charge in [-0.1, -0.05) is 54.1 Å². The Morgan fingerprint density at radius 1 is 1.07 bits per heavy atom. The Kier molecular flexibility index (Phi) is 4.84. The van der Waals surface area contributed by atoms with E-state index in [4.69, 9.17) is 11.6 Å². The second kappa shape index (κ2) is 7.33. The fourth-order valence-corrected chi connectivity index (χ4v) is 3.36. The predicted octanol–water partition coefficient (Wildman–Crippen LogP) is 5.36. The Balaban J connectivity index is 1.79. The van der Waals surface area contributed by atoms with E-state index in [9.17, 15) is 18.0 Å². The van der Waals surface area contributed by atoms with Crippen LogP contribution in [0.1, 0.15) is 27.0 Å². The van der Waals surface area contributed by atoms with Crippen molar-refractivity contribution in [1.82, 2.24) is 4.98 Å². The van der Waals surface area contributed by atoms with Crippen molar-refractivity contribution in [3.63, 3.8) is 0 Å². The zero-order valence-electron chi connectivity index (χ0n) is 14.8. The second-order valence-corrected chi connectivity index (χ2v) is 6.78. The molecule has 4 nitrogen and oxygen atoms in total. The van der Waals surface area contributed by atoms with Crippen LogP contribution in [0.2, 0.25) is 5.02 Å². The molecule has 0 radical (unpaired) electrons. The van der Waals surface area contributed by atoms with Gasteiger partial charge in [-0.3, -0.25) is 4.79 Å². The molecule has 0 saturated heterocycles. The van der Waals surface area contributed by atoms with Gasteiger partial charge in [-0.15, -0.1) is 0 Å². The molecular formula is C21H13ClF3N3O. The number of nitrogens with zero attached hydrogens (tertiary/aromatic N) is 3. The summed E-state index contributed by atoms with van der Waals surface area (Å²) in [4.78, 5) is 22.4. The SMILES string of the molecule is O=C(N=C1c2ccccc2CN1c1ncc(C(F)(F)F)cc1Cl)c1ccccc1. The van der Waals surface area contributed by atoms with Crippen molar-refractivity contribution >= 4 is 29.2 Å². The van der Waals surface area contributed by atoms with E-state index in [1.807, 2.05) is 12.1 Å². The van der Waals surface area contributed by atoms with Gasteiger partial charge in [-0.2, -0.15) is 18.2 Å². The number of fused-ring (bicyclic) bond motifs is 1. The molecule has 0 spiro atoms. The first-order valence-electron chi connectivity index (χ1n) is 8.61. The Morgan fingerprint density at radius 3 is 2.45 bits per heavy atom. The van der Waals surface area contributed by atoms with Crippen LogP contribution in [0.3, 0.4) is 0 Å². The van der Waals surface area contributed by atoms with Crippen LogP contribution in [0.5, 0.6) is 0 Å². The number of hydrogen-bond donors (Lipinski definition) is 0. The first-order chi connectivity index (χ1) is 13.8. The summed E-state index contributed by atoms with van der Waals surface area (Å²) in [5.41, 5.74) is 1.03. The zero-order valence-corrected chi connectivity index (χ0v) is 15.6. The Labute approximate surface area is 169 Å². The van der Waals surface area contributed by atoms with Crippen molar-refractivity contribution in [3.05, 3.63) is 94.1 Å². The van der Waals surface area contributed by atoms with Crippen LogP contribution in [-0.2, 0) is 12.7 Å². The van der Waals surface area contributed by atoms with Crippen LogP contribution in [0.4, 0.5) is 19.0 Å². The summed E-state index contributed by atoms with van der Waals surface area (Å²) in [6, 6.07) is 16.6. The van der Waals surface area contributed by atoms with Crippen molar-refractivity contribution < 1.29 is 18.0 Å². The molecule has 1 aliphatic rings. The van der Waals surface area contributed by atoms with Crippen LogP contribution >= 0.6 is 11.6 Å². The molecular weight excluding hydrogens is 403 g/mol. The molecule has 29 heavy (non-hydrogen) atoms. The minimum Gasteiger partial charge on any atom is -0.305 e. The number of aromatic nitrogens is 1. The van der Waals surface area contributed by atoms with E-state index >= 15 is 0 Å². The Morgan fingerprint density at radius 2 is 1.76 bits per heavy atom. The van der Waals surface area contributed by atoms with E-state index in [-0.39, 0.29) is 17.4 Å². The van der Waals surface area contributed by atoms with Crippen LogP contribution in [-0.4, -0.2) is 16.7 Å². The lowest BCUT2D eigenvalue weighted by Crippen LogP contribution is -2.27. The molecule has 0 saturated carbocycles. The fourth-order valence-electron chi connectivity index (χ4n) is 3.09. The van der Waals surface area contributed by atoms with E-state index < -0.39 is 17.6 Å². The van der Waals surface area contributed by atoms with Crippen molar-refractivity contribution in [3.8, 4) is 0 Å². The number of aliphatic imine (C=N–C) groups is 1. The summed E-state index contributed by atoms with van der Waals surface area (Å²) in [5, 5.41) is -0.174. The first kappa shape index (κ1) is 19.1. The number of carbonyl (C=O) groups is 1. The molecule has 8 heteroatoms. The van der Waals surface area contributed by atoms with Gasteiger partial charge in [0.2, 0.25) is 0 Å². The molecule has 4 rings (SSSR count). The van der Waals surface area contributed by atoms with Crippen molar-refractivity contribution in [2.24, 2.45) is 4.99 Å². The second-order valence-electron chi connectivity index (χ2n) is 6.38. The van der Waals surface area contributed by atoms with E-state index in [0.717, 1.165) is 17.8 Å². The summed E-state index contributed by atoms with van der Waals surface area (Å²) >= 11 is 6.13. The summed E-state index contributed by atoms with van der Waals surface area (Å²) in [6.45, 7) is 0.287. The number of amidine groups is 1. The Hall–Kier alpha value is -3.19. The highest BCUT2D eigenvalue weighted by atomic mass is 35.5. The molecule has 1 aromatic heterocycles. The van der Waals surface area contributed by atoms with Crippen LogP contribution in [0.15, 0.2) is 71.9 Å². The number of benzene rings is 2. The third-order valence-corrected chi connectivity index (χ3v) is 4.75. The number of pyridine rings is 1. The van der Waals surface area contributed by atoms with Crippen molar-refractivity contribution in [2.45, 2.75) is 12.7 Å². The number of anilines is 1. The fraction of sp³-hybridized carbons (Fsp3) is 0.0952. The van der Waals surface area contributed by atoms with Gasteiger partial charge in [0.05, 0.1) is 17.1 Å². The molecule has 0 N–H and O–H groups in total. The molecule has 0 bridgehead atoms. The number of carbonyl (C=O) groups excluding carboxylic acids is 1. The highest BCUT2D eigenvalue weighted by Crippen LogP contribution is 2.36. The lowest BCUT2D eigenvalue weighted by atomic mass is 10.1. The van der Waals surface area contributed by atoms with E-state index in [0.29, 0.717) is 17.0 Å². The van der Waals surface area contributed by atoms with Gasteiger partial charge in [-0.25, -0.2) is 4.98 Å². The summed E-state index contributed by atoms with van der Waals surface area (Å²) in [7, 11) is 0. The van der Waals surface area contributed by atoms with Crippen molar-refractivity contribution in [2.75, 3.05) is 4.90 Å². The third kappa shape index (κ3) is 3.73. The van der Waals surface area contributed by atoms with Gasteiger partial charge in [0.25, 0.3) is 5.91 Å². The topological polar surface area (TPSA) is 45.6 Å². The average Bonchev–Trinajstić information content (AvgIpc) is 3.06. The lowest BCUT2D eigenvalue weighted by Gasteiger charge is -2.20. The molecule has 0 aliphatic carbocycles. The quantitative estimate of drug-likeness (QED) is 0.566. The number of alkyl halides is 3.